The number of hydrogen-bond acceptors (Lipinski definition) is 3. The van der Waals surface area contributed by atoms with Crippen LogP contribution in [0.2, 0.25) is 0 Å². The Balaban J connectivity index is 2.18. The smallest absolute Gasteiger partial charge is 0.294 e. The number of benzene rings is 1. The molecule has 0 N–H and O–H groups in total. The summed E-state index contributed by atoms with van der Waals surface area (Å²) in [7, 11) is 0. The van der Waals surface area contributed by atoms with E-state index in [0.717, 1.165) is 0 Å². The van der Waals surface area contributed by atoms with Gasteiger partial charge in [0.15, 0.2) is 5.78 Å². The Morgan fingerprint density at radius 1 is 1.11 bits per heavy atom. The van der Waals surface area contributed by atoms with E-state index in [9.17, 15) is 18.0 Å². The van der Waals surface area contributed by atoms with E-state index in [2.05, 4.69) is 9.97 Å². The second-order valence-corrected chi connectivity index (χ2v) is 3.80. The van der Waals surface area contributed by atoms with E-state index in [1.807, 2.05) is 0 Å². The van der Waals surface area contributed by atoms with Gasteiger partial charge in [-0.1, -0.05) is 0 Å². The van der Waals surface area contributed by atoms with Gasteiger partial charge in [-0.15, -0.1) is 0 Å². The summed E-state index contributed by atoms with van der Waals surface area (Å²) >= 11 is 0. The molecule has 1 aromatic heterocycles. The molecule has 3 nitrogen and oxygen atoms in total. The van der Waals surface area contributed by atoms with Crippen LogP contribution >= 0.6 is 0 Å². The Morgan fingerprint density at radius 2 is 1.78 bits per heavy atom. The molecule has 0 aliphatic heterocycles. The zero-order chi connectivity index (χ0) is 13.2. The second-order valence-electron chi connectivity index (χ2n) is 3.80. The van der Waals surface area contributed by atoms with Gasteiger partial charge in [-0.3, -0.25) is 14.8 Å². The van der Waals surface area contributed by atoms with Crippen molar-refractivity contribution in [1.82, 2.24) is 9.97 Å². The Kier molecular flexibility index (Phi) is 3.27. The van der Waals surface area contributed by atoms with E-state index in [1.165, 1.54) is 24.5 Å². The van der Waals surface area contributed by atoms with Crippen LogP contribution in [0.1, 0.15) is 23.2 Å². The molecule has 1 heterocycles. The molecule has 0 aliphatic carbocycles. The molecule has 94 valence electrons. The SMILES string of the molecule is O=C(CCC(F)(F)F)c1ccc2nccnc2c1. The average Bonchev–Trinajstić information content (AvgIpc) is 2.34. The standard InChI is InChI=1S/C12H9F3N2O/c13-12(14,15)4-3-11(18)8-1-2-9-10(7-8)17-6-5-16-9/h1-2,5-7H,3-4H2. The average molecular weight is 254 g/mol. The maximum Gasteiger partial charge on any atom is 0.389 e. The number of hydrogen-bond donors (Lipinski definition) is 0. The largest absolute Gasteiger partial charge is 0.389 e. The predicted octanol–water partition coefficient (Wildman–Crippen LogP) is 3.16. The van der Waals surface area contributed by atoms with E-state index >= 15 is 0 Å². The van der Waals surface area contributed by atoms with Crippen LogP contribution in [-0.4, -0.2) is 21.9 Å². The summed E-state index contributed by atoms with van der Waals surface area (Å²) in [5, 5.41) is 0. The number of nitrogens with zero attached hydrogens (tertiary/aromatic N) is 2. The van der Waals surface area contributed by atoms with Gasteiger partial charge >= 0.3 is 6.18 Å². The number of alkyl halides is 3. The maximum atomic E-state index is 12.0. The van der Waals surface area contributed by atoms with Crippen molar-refractivity contribution in [3.8, 4) is 0 Å². The Hall–Kier alpha value is -1.98. The Labute approximate surface area is 101 Å². The molecular formula is C12H9F3N2O. The quantitative estimate of drug-likeness (QED) is 0.790. The summed E-state index contributed by atoms with van der Waals surface area (Å²) in [6.07, 6.45) is -2.99. The highest BCUT2D eigenvalue weighted by Gasteiger charge is 2.28. The summed E-state index contributed by atoms with van der Waals surface area (Å²) in [6.45, 7) is 0. The van der Waals surface area contributed by atoms with E-state index in [-0.39, 0.29) is 5.56 Å². The number of carbonyl (C=O) groups excluding carboxylic acids is 1. The third-order valence-electron chi connectivity index (χ3n) is 2.43. The van der Waals surface area contributed by atoms with Crippen LogP contribution in [0.15, 0.2) is 30.6 Å². The fourth-order valence-corrected chi connectivity index (χ4v) is 1.54. The van der Waals surface area contributed by atoms with Gasteiger partial charge in [-0.05, 0) is 18.2 Å². The molecular weight excluding hydrogens is 245 g/mol. The van der Waals surface area contributed by atoms with E-state index < -0.39 is 24.8 Å². The molecule has 0 fully saturated rings. The number of Topliss-reactive ketones (excluding diaryl/α,β-unsaturated/α-hetero) is 1. The topological polar surface area (TPSA) is 42.9 Å². The van der Waals surface area contributed by atoms with Crippen molar-refractivity contribution in [2.75, 3.05) is 0 Å². The van der Waals surface area contributed by atoms with Crippen LogP contribution in [0.25, 0.3) is 11.0 Å². The van der Waals surface area contributed by atoms with Crippen molar-refractivity contribution in [3.63, 3.8) is 0 Å². The fourth-order valence-electron chi connectivity index (χ4n) is 1.54. The summed E-state index contributed by atoms with van der Waals surface area (Å²) in [5.41, 5.74) is 1.33. The molecule has 0 saturated carbocycles. The van der Waals surface area contributed by atoms with Crippen molar-refractivity contribution in [2.24, 2.45) is 0 Å². The lowest BCUT2D eigenvalue weighted by Crippen LogP contribution is -2.11. The predicted molar refractivity (Wildman–Crippen MR) is 59.2 cm³/mol. The van der Waals surface area contributed by atoms with Crippen LogP contribution in [0.4, 0.5) is 13.2 Å². The van der Waals surface area contributed by atoms with Crippen LogP contribution in [0, 0.1) is 0 Å². The highest BCUT2D eigenvalue weighted by molar-refractivity contribution is 5.98. The summed E-state index contributed by atoms with van der Waals surface area (Å²) in [6, 6.07) is 4.50. The Bertz CT molecular complexity index is 581. The summed E-state index contributed by atoms with van der Waals surface area (Å²) < 4.78 is 36.0. The van der Waals surface area contributed by atoms with Gasteiger partial charge in [-0.2, -0.15) is 13.2 Å². The number of rotatable bonds is 3. The van der Waals surface area contributed by atoms with Gasteiger partial charge in [0.25, 0.3) is 0 Å². The third kappa shape index (κ3) is 3.03. The maximum absolute atomic E-state index is 12.0. The molecule has 0 atom stereocenters. The van der Waals surface area contributed by atoms with Crippen molar-refractivity contribution in [1.29, 1.82) is 0 Å². The normalized spacial score (nSPS) is 11.7. The molecule has 6 heteroatoms. The number of halogens is 3. The molecule has 2 aromatic rings. The first kappa shape index (κ1) is 12.5. The van der Waals surface area contributed by atoms with Crippen LogP contribution < -0.4 is 0 Å². The molecule has 0 aliphatic rings. The van der Waals surface area contributed by atoms with E-state index in [4.69, 9.17) is 0 Å². The Morgan fingerprint density at radius 3 is 2.44 bits per heavy atom. The highest BCUT2D eigenvalue weighted by atomic mass is 19.4. The van der Waals surface area contributed by atoms with E-state index in [1.54, 1.807) is 6.07 Å². The first-order valence-corrected chi connectivity index (χ1v) is 5.26. The first-order chi connectivity index (χ1) is 8.46. The van der Waals surface area contributed by atoms with Crippen LogP contribution in [0.3, 0.4) is 0 Å². The molecule has 0 spiro atoms. The summed E-state index contributed by atoms with van der Waals surface area (Å²) in [5.74, 6) is -0.542. The molecule has 0 bridgehead atoms. The van der Waals surface area contributed by atoms with Crippen molar-refractivity contribution in [2.45, 2.75) is 19.0 Å². The van der Waals surface area contributed by atoms with Gasteiger partial charge in [0.2, 0.25) is 0 Å². The zero-order valence-corrected chi connectivity index (χ0v) is 9.24. The zero-order valence-electron chi connectivity index (χ0n) is 9.24. The lowest BCUT2D eigenvalue weighted by molar-refractivity contribution is -0.133. The van der Waals surface area contributed by atoms with Gasteiger partial charge in [0, 0.05) is 24.4 Å². The van der Waals surface area contributed by atoms with Crippen molar-refractivity contribution >= 4 is 16.8 Å². The lowest BCUT2D eigenvalue weighted by Gasteiger charge is -2.05. The number of carbonyl (C=O) groups is 1. The van der Waals surface area contributed by atoms with Gasteiger partial charge in [-0.25, -0.2) is 0 Å². The van der Waals surface area contributed by atoms with Crippen molar-refractivity contribution < 1.29 is 18.0 Å². The minimum absolute atomic E-state index is 0.229. The van der Waals surface area contributed by atoms with Crippen LogP contribution in [-0.2, 0) is 0 Å². The molecule has 0 radical (unpaired) electrons. The first-order valence-electron chi connectivity index (χ1n) is 5.26. The monoisotopic (exact) mass is 254 g/mol. The number of aromatic nitrogens is 2. The molecule has 0 unspecified atom stereocenters. The molecule has 0 amide bonds. The molecule has 0 saturated heterocycles. The minimum Gasteiger partial charge on any atom is -0.294 e. The van der Waals surface area contributed by atoms with Gasteiger partial charge in [0.05, 0.1) is 17.5 Å². The van der Waals surface area contributed by atoms with E-state index in [0.29, 0.717) is 11.0 Å². The fraction of sp³-hybridized carbons (Fsp3) is 0.250. The summed E-state index contributed by atoms with van der Waals surface area (Å²) in [4.78, 5) is 19.6. The third-order valence-corrected chi connectivity index (χ3v) is 2.43. The molecule has 2 rings (SSSR count). The van der Waals surface area contributed by atoms with Gasteiger partial charge in [0.1, 0.15) is 0 Å². The molecule has 1 aromatic carbocycles. The number of ketones is 1. The van der Waals surface area contributed by atoms with Crippen molar-refractivity contribution in [3.05, 3.63) is 36.2 Å². The van der Waals surface area contributed by atoms with Crippen LogP contribution in [0.5, 0.6) is 0 Å². The minimum atomic E-state index is -4.31. The number of fused-ring (bicyclic) bond motifs is 1. The lowest BCUT2D eigenvalue weighted by atomic mass is 10.1. The highest BCUT2D eigenvalue weighted by Crippen LogP contribution is 2.23. The second kappa shape index (κ2) is 4.72. The molecule has 18 heavy (non-hydrogen) atoms. The van der Waals surface area contributed by atoms with Gasteiger partial charge < -0.3 is 0 Å².